The van der Waals surface area contributed by atoms with E-state index in [9.17, 15) is 0 Å². The summed E-state index contributed by atoms with van der Waals surface area (Å²) >= 11 is 10.7. The summed E-state index contributed by atoms with van der Waals surface area (Å²) < 4.78 is 0.445. The molecule has 0 atom stereocenters. The summed E-state index contributed by atoms with van der Waals surface area (Å²) in [4.78, 5) is 6.78. The second-order valence-electron chi connectivity index (χ2n) is 2.63. The zero-order valence-corrected chi connectivity index (χ0v) is 8.50. The van der Waals surface area contributed by atoms with Crippen LogP contribution >= 0.6 is 23.8 Å². The van der Waals surface area contributed by atoms with E-state index < -0.39 is 0 Å². The maximum Gasteiger partial charge on any atom is 0.197 e. The SMILES string of the molecule is CCCCc1cnc(=S)[nH]c1Cl. The lowest BCUT2D eigenvalue weighted by Crippen LogP contribution is -1.91. The number of nitrogens with one attached hydrogen (secondary N) is 1. The van der Waals surface area contributed by atoms with E-state index in [2.05, 4.69) is 16.9 Å². The van der Waals surface area contributed by atoms with Crippen molar-refractivity contribution in [2.24, 2.45) is 0 Å². The Balaban J connectivity index is 2.79. The van der Waals surface area contributed by atoms with Crippen LogP contribution in [0.25, 0.3) is 0 Å². The van der Waals surface area contributed by atoms with Gasteiger partial charge in [-0.25, -0.2) is 4.98 Å². The number of aromatic amines is 1. The molecule has 2 nitrogen and oxygen atoms in total. The third-order valence-electron chi connectivity index (χ3n) is 1.64. The Morgan fingerprint density at radius 3 is 3.00 bits per heavy atom. The first-order valence-corrected chi connectivity index (χ1v) is 4.76. The van der Waals surface area contributed by atoms with E-state index in [4.69, 9.17) is 23.8 Å². The minimum absolute atomic E-state index is 0.445. The van der Waals surface area contributed by atoms with E-state index in [1.807, 2.05) is 0 Å². The van der Waals surface area contributed by atoms with Crippen LogP contribution in [0, 0.1) is 4.77 Å². The zero-order chi connectivity index (χ0) is 8.97. The average molecular weight is 203 g/mol. The highest BCUT2D eigenvalue weighted by molar-refractivity contribution is 7.71. The summed E-state index contributed by atoms with van der Waals surface area (Å²) in [5.74, 6) is 0. The largest absolute Gasteiger partial charge is 0.321 e. The van der Waals surface area contributed by atoms with Crippen LogP contribution in [0.4, 0.5) is 0 Å². The van der Waals surface area contributed by atoms with Gasteiger partial charge in [0.25, 0.3) is 0 Å². The molecule has 4 heteroatoms. The lowest BCUT2D eigenvalue weighted by atomic mass is 10.2. The third-order valence-corrected chi connectivity index (χ3v) is 2.18. The number of aromatic nitrogens is 2. The molecule has 0 amide bonds. The molecule has 0 aliphatic carbocycles. The van der Waals surface area contributed by atoms with Crippen molar-refractivity contribution in [3.63, 3.8) is 0 Å². The highest BCUT2D eigenvalue weighted by atomic mass is 35.5. The lowest BCUT2D eigenvalue weighted by Gasteiger charge is -2.00. The van der Waals surface area contributed by atoms with Gasteiger partial charge in [0.15, 0.2) is 4.77 Å². The van der Waals surface area contributed by atoms with E-state index in [1.54, 1.807) is 6.20 Å². The number of hydrogen-bond donors (Lipinski definition) is 1. The molecule has 66 valence electrons. The van der Waals surface area contributed by atoms with Crippen molar-refractivity contribution in [1.82, 2.24) is 9.97 Å². The number of hydrogen-bond acceptors (Lipinski definition) is 2. The fraction of sp³-hybridized carbons (Fsp3) is 0.500. The Hall–Kier alpha value is -0.410. The molecule has 0 saturated heterocycles. The topological polar surface area (TPSA) is 28.7 Å². The van der Waals surface area contributed by atoms with Gasteiger partial charge in [-0.15, -0.1) is 0 Å². The van der Waals surface area contributed by atoms with Gasteiger partial charge in [0.2, 0.25) is 0 Å². The van der Waals surface area contributed by atoms with Crippen molar-refractivity contribution in [1.29, 1.82) is 0 Å². The summed E-state index contributed by atoms with van der Waals surface area (Å²) in [6.45, 7) is 2.15. The first-order valence-electron chi connectivity index (χ1n) is 3.97. The van der Waals surface area contributed by atoms with Gasteiger partial charge in [0.05, 0.1) is 0 Å². The molecular weight excluding hydrogens is 192 g/mol. The van der Waals surface area contributed by atoms with Crippen molar-refractivity contribution in [3.05, 3.63) is 21.7 Å². The van der Waals surface area contributed by atoms with Crippen LogP contribution in [0.15, 0.2) is 6.20 Å². The molecule has 12 heavy (non-hydrogen) atoms. The smallest absolute Gasteiger partial charge is 0.197 e. The molecule has 0 bridgehead atoms. The number of unbranched alkanes of at least 4 members (excludes halogenated alkanes) is 1. The molecule has 0 fully saturated rings. The standard InChI is InChI=1S/C8H11ClN2S/c1-2-3-4-6-5-10-8(12)11-7(6)9/h5H,2-4H2,1H3,(H,10,11,12). The van der Waals surface area contributed by atoms with Crippen molar-refractivity contribution >= 4 is 23.8 Å². The summed E-state index contributed by atoms with van der Waals surface area (Å²) in [6, 6.07) is 0. The van der Waals surface area contributed by atoms with E-state index in [1.165, 1.54) is 0 Å². The molecule has 0 aliphatic heterocycles. The minimum Gasteiger partial charge on any atom is -0.321 e. The summed E-state index contributed by atoms with van der Waals surface area (Å²) in [7, 11) is 0. The predicted octanol–water partition coefficient (Wildman–Crippen LogP) is 3.14. The fourth-order valence-electron chi connectivity index (χ4n) is 0.941. The summed E-state index contributed by atoms with van der Waals surface area (Å²) in [5.41, 5.74) is 1.05. The van der Waals surface area contributed by atoms with Gasteiger partial charge < -0.3 is 4.98 Å². The van der Waals surface area contributed by atoms with Gasteiger partial charge in [-0.3, -0.25) is 0 Å². The molecule has 1 aromatic rings. The summed E-state index contributed by atoms with van der Waals surface area (Å²) in [6.07, 6.45) is 5.00. The fourth-order valence-corrected chi connectivity index (χ4v) is 1.38. The Labute approximate surface area is 82.0 Å². The maximum atomic E-state index is 5.90. The quantitative estimate of drug-likeness (QED) is 0.603. The van der Waals surface area contributed by atoms with Crippen molar-refractivity contribution in [3.8, 4) is 0 Å². The Morgan fingerprint density at radius 1 is 1.67 bits per heavy atom. The maximum absolute atomic E-state index is 5.90. The van der Waals surface area contributed by atoms with E-state index in [0.717, 1.165) is 24.8 Å². The first kappa shape index (κ1) is 9.68. The molecule has 0 saturated carbocycles. The number of H-pyrrole nitrogens is 1. The monoisotopic (exact) mass is 202 g/mol. The molecule has 0 aliphatic rings. The molecule has 0 unspecified atom stereocenters. The second kappa shape index (κ2) is 4.58. The van der Waals surface area contributed by atoms with Crippen LogP contribution in [0.1, 0.15) is 25.3 Å². The van der Waals surface area contributed by atoms with Crippen LogP contribution < -0.4 is 0 Å². The van der Waals surface area contributed by atoms with Crippen molar-refractivity contribution < 1.29 is 0 Å². The molecule has 0 radical (unpaired) electrons. The molecular formula is C8H11ClN2S. The Morgan fingerprint density at radius 2 is 2.42 bits per heavy atom. The van der Waals surface area contributed by atoms with Crippen LogP contribution in [0.3, 0.4) is 0 Å². The van der Waals surface area contributed by atoms with E-state index >= 15 is 0 Å². The van der Waals surface area contributed by atoms with Crippen molar-refractivity contribution in [2.75, 3.05) is 0 Å². The highest BCUT2D eigenvalue weighted by Crippen LogP contribution is 2.13. The molecule has 1 heterocycles. The molecule has 1 aromatic heterocycles. The normalized spacial score (nSPS) is 10.2. The summed E-state index contributed by atoms with van der Waals surface area (Å²) in [5, 5.41) is 0.628. The predicted molar refractivity (Wildman–Crippen MR) is 53.0 cm³/mol. The van der Waals surface area contributed by atoms with Crippen molar-refractivity contribution in [2.45, 2.75) is 26.2 Å². The molecule has 0 spiro atoms. The Bertz CT molecular complexity index is 308. The highest BCUT2D eigenvalue weighted by Gasteiger charge is 1.98. The zero-order valence-electron chi connectivity index (χ0n) is 6.93. The third kappa shape index (κ3) is 2.57. The van der Waals surface area contributed by atoms with Crippen LogP contribution in [-0.2, 0) is 6.42 Å². The molecule has 1 rings (SSSR count). The lowest BCUT2D eigenvalue weighted by molar-refractivity contribution is 0.787. The van der Waals surface area contributed by atoms with Gasteiger partial charge in [-0.2, -0.15) is 0 Å². The van der Waals surface area contributed by atoms with Crippen LogP contribution in [0.2, 0.25) is 5.15 Å². The Kier molecular flexibility index (Phi) is 3.69. The number of halogens is 1. The number of rotatable bonds is 3. The van der Waals surface area contributed by atoms with Gasteiger partial charge in [-0.1, -0.05) is 24.9 Å². The van der Waals surface area contributed by atoms with E-state index in [0.29, 0.717) is 9.92 Å². The van der Waals surface area contributed by atoms with Gasteiger partial charge in [0.1, 0.15) is 5.15 Å². The number of nitrogens with zero attached hydrogens (tertiary/aromatic N) is 1. The average Bonchev–Trinajstić information content (AvgIpc) is 2.03. The second-order valence-corrected chi connectivity index (χ2v) is 3.40. The van der Waals surface area contributed by atoms with Crippen LogP contribution in [-0.4, -0.2) is 9.97 Å². The number of aryl methyl sites for hydroxylation is 1. The van der Waals surface area contributed by atoms with Crippen LogP contribution in [0.5, 0.6) is 0 Å². The minimum atomic E-state index is 0.445. The molecule has 1 N–H and O–H groups in total. The van der Waals surface area contributed by atoms with Gasteiger partial charge in [-0.05, 0) is 25.1 Å². The van der Waals surface area contributed by atoms with Gasteiger partial charge in [0, 0.05) is 11.8 Å². The van der Waals surface area contributed by atoms with Gasteiger partial charge >= 0.3 is 0 Å². The first-order chi connectivity index (χ1) is 5.74. The molecule has 0 aromatic carbocycles. The van der Waals surface area contributed by atoms with E-state index in [-0.39, 0.29) is 0 Å².